The number of hydrogen-bond donors (Lipinski definition) is 2. The topological polar surface area (TPSA) is 76.5 Å². The highest BCUT2D eigenvalue weighted by Gasteiger charge is 2.34. The fraction of sp³-hybridized carbons (Fsp3) is 0.480. The molecule has 2 aromatic rings. The Bertz CT molecular complexity index is 987. The van der Waals surface area contributed by atoms with E-state index < -0.39 is 17.8 Å². The van der Waals surface area contributed by atoms with Crippen molar-refractivity contribution in [1.29, 1.82) is 0 Å². The molecule has 0 bridgehead atoms. The van der Waals surface area contributed by atoms with Gasteiger partial charge in [0, 0.05) is 55.7 Å². The number of aliphatic hydroxyl groups excluding tert-OH is 1. The molecule has 0 aromatic heterocycles. The minimum Gasteiger partial charge on any atom is -0.483 e. The Hall–Kier alpha value is -2.31. The molecule has 0 amide bonds. The molecule has 1 unspecified atom stereocenters. The summed E-state index contributed by atoms with van der Waals surface area (Å²) in [6, 6.07) is 11.5. The Kier molecular flexibility index (Phi) is 10.4. The van der Waals surface area contributed by atoms with Crippen LogP contribution in [0.5, 0.6) is 0 Å². The Morgan fingerprint density at radius 2 is 1.67 bits per heavy atom. The van der Waals surface area contributed by atoms with Crippen LogP contribution in [0.3, 0.4) is 0 Å². The quantitative estimate of drug-likeness (QED) is 0.394. The lowest BCUT2D eigenvalue weighted by molar-refractivity contribution is -0.137. The van der Waals surface area contributed by atoms with Gasteiger partial charge in [0.05, 0.1) is 36.2 Å². The number of aliphatic hydroxyl groups is 1. The van der Waals surface area contributed by atoms with Gasteiger partial charge in [-0.15, -0.1) is 0 Å². The zero-order valence-electron chi connectivity index (χ0n) is 20.2. The van der Waals surface area contributed by atoms with Crippen LogP contribution in [0.25, 0.3) is 0 Å². The highest BCUT2D eigenvalue weighted by atomic mass is 32.2. The number of benzene rings is 2. The van der Waals surface area contributed by atoms with E-state index in [0.717, 1.165) is 67.5 Å². The molecule has 1 atom stereocenters. The number of fused-ring (bicyclic) bond motifs is 2. The van der Waals surface area contributed by atoms with Crippen molar-refractivity contribution < 1.29 is 32.9 Å². The van der Waals surface area contributed by atoms with Crippen LogP contribution in [-0.2, 0) is 15.7 Å². The highest BCUT2D eigenvalue weighted by Crippen LogP contribution is 2.49. The smallest absolute Gasteiger partial charge is 0.416 e. The standard InChI is InChI=1S/C24H30F3N3O2S.CH2O2/c1-2-32-14-13-28-9-11-29(12-10-28)16-19(31)17-30-20-5-3-4-6-22(20)33-23-8-7-18(15-21(23)30)24(25,26)27;2-1-3/h3-8,15,19,31H,2,9-14,16-17H2,1H3;1H,(H,2,3). The zero-order valence-corrected chi connectivity index (χ0v) is 21.0. The molecule has 1 fully saturated rings. The first-order chi connectivity index (χ1) is 17.3. The number of β-amino-alcohol motifs (C(OH)–C–C–N with tert-alkyl or cyclic N) is 1. The first-order valence-electron chi connectivity index (χ1n) is 11.8. The van der Waals surface area contributed by atoms with Gasteiger partial charge in [-0.2, -0.15) is 13.2 Å². The first kappa shape index (κ1) is 28.3. The highest BCUT2D eigenvalue weighted by molar-refractivity contribution is 7.99. The number of carbonyl (C=O) groups is 1. The van der Waals surface area contributed by atoms with Crippen molar-refractivity contribution in [2.45, 2.75) is 29.0 Å². The lowest BCUT2D eigenvalue weighted by Crippen LogP contribution is -2.50. The Balaban J connectivity index is 0.00000115. The number of hydrogen-bond acceptors (Lipinski definition) is 7. The third-order valence-corrected chi connectivity index (χ3v) is 7.17. The van der Waals surface area contributed by atoms with Gasteiger partial charge in [0.1, 0.15) is 0 Å². The number of para-hydroxylation sites is 1. The lowest BCUT2D eigenvalue weighted by Gasteiger charge is -2.38. The summed E-state index contributed by atoms with van der Waals surface area (Å²) in [5, 5.41) is 17.8. The molecule has 0 aliphatic carbocycles. The van der Waals surface area contributed by atoms with Crippen LogP contribution in [0.4, 0.5) is 24.5 Å². The van der Waals surface area contributed by atoms with Crippen molar-refractivity contribution >= 4 is 29.6 Å². The predicted octanol–water partition coefficient (Wildman–Crippen LogP) is 4.02. The molecule has 4 rings (SSSR count). The molecular weight excluding hydrogens is 495 g/mol. The summed E-state index contributed by atoms with van der Waals surface area (Å²) in [7, 11) is 0. The fourth-order valence-electron chi connectivity index (χ4n) is 4.30. The number of ether oxygens (including phenoxy) is 1. The molecule has 2 N–H and O–H groups in total. The van der Waals surface area contributed by atoms with E-state index in [1.54, 1.807) is 0 Å². The molecule has 0 radical (unpaired) electrons. The molecule has 7 nitrogen and oxygen atoms in total. The van der Waals surface area contributed by atoms with Crippen LogP contribution in [0.15, 0.2) is 52.3 Å². The normalized spacial score (nSPS) is 17.0. The van der Waals surface area contributed by atoms with Crippen LogP contribution in [0.2, 0.25) is 0 Å². The van der Waals surface area contributed by atoms with E-state index in [4.69, 9.17) is 14.6 Å². The molecule has 0 spiro atoms. The third-order valence-electron chi connectivity index (χ3n) is 6.04. The fourth-order valence-corrected chi connectivity index (χ4v) is 5.38. The van der Waals surface area contributed by atoms with Gasteiger partial charge >= 0.3 is 6.18 Å². The average molecular weight is 528 g/mol. The maximum absolute atomic E-state index is 13.4. The molecule has 2 aliphatic rings. The summed E-state index contributed by atoms with van der Waals surface area (Å²) < 4.78 is 45.6. The van der Waals surface area contributed by atoms with Crippen molar-refractivity contribution in [3.8, 4) is 0 Å². The monoisotopic (exact) mass is 527 g/mol. The van der Waals surface area contributed by atoms with Gasteiger partial charge in [0.15, 0.2) is 0 Å². The van der Waals surface area contributed by atoms with E-state index in [9.17, 15) is 18.3 Å². The van der Waals surface area contributed by atoms with Gasteiger partial charge in [0.2, 0.25) is 0 Å². The van der Waals surface area contributed by atoms with Gasteiger partial charge in [-0.1, -0.05) is 23.9 Å². The van der Waals surface area contributed by atoms with E-state index in [1.165, 1.54) is 23.9 Å². The van der Waals surface area contributed by atoms with Gasteiger partial charge in [-0.25, -0.2) is 0 Å². The van der Waals surface area contributed by atoms with Crippen molar-refractivity contribution in [1.82, 2.24) is 9.80 Å². The van der Waals surface area contributed by atoms with Crippen LogP contribution >= 0.6 is 11.8 Å². The van der Waals surface area contributed by atoms with E-state index in [-0.39, 0.29) is 13.0 Å². The van der Waals surface area contributed by atoms with Gasteiger partial charge in [0.25, 0.3) is 6.47 Å². The molecule has 0 saturated carbocycles. The summed E-state index contributed by atoms with van der Waals surface area (Å²) in [5.74, 6) is 0. The molecular formula is C25H32F3N3O4S. The van der Waals surface area contributed by atoms with Crippen molar-refractivity contribution in [2.24, 2.45) is 0 Å². The minimum atomic E-state index is -4.41. The predicted molar refractivity (Wildman–Crippen MR) is 133 cm³/mol. The van der Waals surface area contributed by atoms with Gasteiger partial charge in [-0.05, 0) is 37.3 Å². The molecule has 198 valence electrons. The number of anilines is 2. The van der Waals surface area contributed by atoms with Crippen molar-refractivity contribution in [2.75, 3.05) is 63.9 Å². The zero-order chi connectivity index (χ0) is 26.1. The SMILES string of the molecule is CCOCCN1CCN(CC(O)CN2c3ccccc3Sc3ccc(C(F)(F)F)cc32)CC1.O=CO. The maximum atomic E-state index is 13.4. The Labute approximate surface area is 213 Å². The molecule has 2 aromatic carbocycles. The number of halogens is 3. The third kappa shape index (κ3) is 7.59. The van der Waals surface area contributed by atoms with Crippen molar-refractivity contribution in [3.05, 3.63) is 48.0 Å². The van der Waals surface area contributed by atoms with Gasteiger partial charge in [-0.3, -0.25) is 14.6 Å². The first-order valence-corrected chi connectivity index (χ1v) is 12.6. The molecule has 2 heterocycles. The van der Waals surface area contributed by atoms with Crippen molar-refractivity contribution in [3.63, 3.8) is 0 Å². The van der Waals surface area contributed by atoms with E-state index in [1.807, 2.05) is 36.1 Å². The van der Waals surface area contributed by atoms with Crippen LogP contribution < -0.4 is 4.90 Å². The molecule has 36 heavy (non-hydrogen) atoms. The maximum Gasteiger partial charge on any atom is 0.416 e. The second kappa shape index (κ2) is 13.3. The lowest BCUT2D eigenvalue weighted by atomic mass is 10.1. The Morgan fingerprint density at radius 3 is 2.33 bits per heavy atom. The molecule has 11 heteroatoms. The second-order valence-corrected chi connectivity index (χ2v) is 9.54. The van der Waals surface area contributed by atoms with E-state index in [2.05, 4.69) is 9.80 Å². The van der Waals surface area contributed by atoms with Crippen LogP contribution in [0, 0.1) is 0 Å². The van der Waals surface area contributed by atoms with Gasteiger partial charge < -0.3 is 19.8 Å². The number of piperazine rings is 1. The molecule has 1 saturated heterocycles. The number of carboxylic acid groups (broad SMARTS) is 1. The summed E-state index contributed by atoms with van der Waals surface area (Å²) in [6.45, 7) is 8.35. The average Bonchev–Trinajstić information content (AvgIpc) is 2.85. The van der Waals surface area contributed by atoms with E-state index >= 15 is 0 Å². The largest absolute Gasteiger partial charge is 0.483 e. The second-order valence-electron chi connectivity index (χ2n) is 8.46. The molecule has 2 aliphatic heterocycles. The summed E-state index contributed by atoms with van der Waals surface area (Å²) in [4.78, 5) is 16.5. The van der Waals surface area contributed by atoms with Crippen LogP contribution in [-0.4, -0.2) is 91.6 Å². The summed E-state index contributed by atoms with van der Waals surface area (Å²) in [5.41, 5.74) is 0.645. The number of nitrogens with zero attached hydrogens (tertiary/aromatic N) is 3. The van der Waals surface area contributed by atoms with Crippen LogP contribution in [0.1, 0.15) is 12.5 Å². The summed E-state index contributed by atoms with van der Waals surface area (Å²) in [6.07, 6.45) is -5.11. The van der Waals surface area contributed by atoms with E-state index in [0.29, 0.717) is 12.2 Å². The minimum absolute atomic E-state index is 0.233. The number of alkyl halides is 3. The Morgan fingerprint density at radius 1 is 1.03 bits per heavy atom. The summed E-state index contributed by atoms with van der Waals surface area (Å²) >= 11 is 1.46. The number of rotatable bonds is 8.